The summed E-state index contributed by atoms with van der Waals surface area (Å²) >= 11 is 1.44. The molecule has 0 atom stereocenters. The van der Waals surface area contributed by atoms with Crippen LogP contribution in [0.25, 0.3) is 0 Å². The molecule has 0 spiro atoms. The van der Waals surface area contributed by atoms with Crippen LogP contribution in [0.1, 0.15) is 16.6 Å². The van der Waals surface area contributed by atoms with Crippen LogP contribution in [0.5, 0.6) is 5.75 Å². The Morgan fingerprint density at radius 3 is 2.88 bits per heavy atom. The van der Waals surface area contributed by atoms with E-state index in [1.54, 1.807) is 7.11 Å². The number of likely N-dealkylation sites (N-methyl/N-ethyl adjacent to an activating group) is 1. The molecule has 1 aromatic heterocycles. The summed E-state index contributed by atoms with van der Waals surface area (Å²) in [5.41, 5.74) is 0. The van der Waals surface area contributed by atoms with Gasteiger partial charge in [-0.15, -0.1) is 11.3 Å². The number of hydrogen-bond acceptors (Lipinski definition) is 4. The minimum Gasteiger partial charge on any atom is -0.496 e. The van der Waals surface area contributed by atoms with Crippen LogP contribution < -0.4 is 10.1 Å². The topological polar surface area (TPSA) is 41.6 Å². The van der Waals surface area contributed by atoms with E-state index in [0.717, 1.165) is 30.3 Å². The lowest BCUT2D eigenvalue weighted by Gasteiger charge is -2.37. The Labute approximate surface area is 99.2 Å². The van der Waals surface area contributed by atoms with Crippen LogP contribution >= 0.6 is 11.3 Å². The van der Waals surface area contributed by atoms with E-state index >= 15 is 0 Å². The number of nitrogens with one attached hydrogen (secondary N) is 1. The number of ether oxygens (including phenoxy) is 1. The highest BCUT2D eigenvalue weighted by atomic mass is 32.1. The molecule has 1 saturated heterocycles. The monoisotopic (exact) mass is 240 g/mol. The van der Waals surface area contributed by atoms with Gasteiger partial charge in [0, 0.05) is 31.1 Å². The third-order valence-electron chi connectivity index (χ3n) is 2.82. The number of carbonyl (C=O) groups is 1. The molecule has 16 heavy (non-hydrogen) atoms. The smallest absolute Gasteiger partial charge is 0.264 e. The molecule has 1 aromatic rings. The van der Waals surface area contributed by atoms with Crippen LogP contribution in [0.2, 0.25) is 0 Å². The van der Waals surface area contributed by atoms with Crippen LogP contribution in [0, 0.1) is 0 Å². The first-order valence-corrected chi connectivity index (χ1v) is 6.28. The van der Waals surface area contributed by atoms with E-state index in [-0.39, 0.29) is 5.91 Å². The highest BCUT2D eigenvalue weighted by Crippen LogP contribution is 2.23. The first-order chi connectivity index (χ1) is 7.76. The van der Waals surface area contributed by atoms with Gasteiger partial charge in [0.05, 0.1) is 18.0 Å². The molecular weight excluding hydrogens is 224 g/mol. The van der Waals surface area contributed by atoms with Gasteiger partial charge in [-0.05, 0) is 6.92 Å². The van der Waals surface area contributed by atoms with Gasteiger partial charge in [-0.2, -0.15) is 0 Å². The van der Waals surface area contributed by atoms with Gasteiger partial charge in [0.2, 0.25) is 0 Å². The van der Waals surface area contributed by atoms with E-state index in [9.17, 15) is 4.79 Å². The minimum atomic E-state index is 0.113. The molecule has 1 fully saturated rings. The highest BCUT2D eigenvalue weighted by molar-refractivity contribution is 7.12. The fraction of sp³-hybridized carbons (Fsp3) is 0.545. The van der Waals surface area contributed by atoms with Crippen molar-refractivity contribution in [3.05, 3.63) is 16.3 Å². The lowest BCUT2D eigenvalue weighted by Crippen LogP contribution is -2.58. The molecule has 0 bridgehead atoms. The summed E-state index contributed by atoms with van der Waals surface area (Å²) in [4.78, 5) is 14.9. The predicted molar refractivity (Wildman–Crippen MR) is 64.2 cm³/mol. The second-order valence-electron chi connectivity index (χ2n) is 3.75. The number of amides is 1. The van der Waals surface area contributed by atoms with E-state index in [2.05, 4.69) is 5.32 Å². The SMILES string of the molecule is CCN(C(=O)c1cc(OC)cs1)C1CNC1. The van der Waals surface area contributed by atoms with E-state index < -0.39 is 0 Å². The summed E-state index contributed by atoms with van der Waals surface area (Å²) < 4.78 is 5.09. The lowest BCUT2D eigenvalue weighted by atomic mass is 10.1. The molecule has 0 saturated carbocycles. The van der Waals surface area contributed by atoms with Crippen LogP contribution in [0.3, 0.4) is 0 Å². The molecular formula is C11H16N2O2S. The molecule has 2 rings (SSSR count). The van der Waals surface area contributed by atoms with Gasteiger partial charge in [-0.1, -0.05) is 0 Å². The lowest BCUT2D eigenvalue weighted by molar-refractivity contribution is 0.0635. The van der Waals surface area contributed by atoms with Gasteiger partial charge >= 0.3 is 0 Å². The second-order valence-corrected chi connectivity index (χ2v) is 4.67. The number of nitrogens with zero attached hydrogens (tertiary/aromatic N) is 1. The second kappa shape index (κ2) is 4.84. The number of carbonyl (C=O) groups excluding carboxylic acids is 1. The molecule has 0 unspecified atom stereocenters. The van der Waals surface area contributed by atoms with Crippen molar-refractivity contribution in [2.75, 3.05) is 26.7 Å². The zero-order chi connectivity index (χ0) is 11.5. The number of hydrogen-bond donors (Lipinski definition) is 1. The van der Waals surface area contributed by atoms with Crippen molar-refractivity contribution in [2.45, 2.75) is 13.0 Å². The van der Waals surface area contributed by atoms with Crippen LogP contribution in [0.4, 0.5) is 0 Å². The van der Waals surface area contributed by atoms with Crippen LogP contribution in [0.15, 0.2) is 11.4 Å². The Bertz CT molecular complexity index is 374. The molecule has 1 amide bonds. The Morgan fingerprint density at radius 1 is 1.69 bits per heavy atom. The van der Waals surface area contributed by atoms with Crippen molar-refractivity contribution in [3.63, 3.8) is 0 Å². The maximum atomic E-state index is 12.2. The fourth-order valence-electron chi connectivity index (χ4n) is 1.74. The van der Waals surface area contributed by atoms with Gasteiger partial charge in [0.25, 0.3) is 5.91 Å². The van der Waals surface area contributed by atoms with Crippen molar-refractivity contribution in [3.8, 4) is 5.75 Å². The Hall–Kier alpha value is -1.07. The van der Waals surface area contributed by atoms with Crippen molar-refractivity contribution in [2.24, 2.45) is 0 Å². The molecule has 0 radical (unpaired) electrons. The molecule has 1 aliphatic heterocycles. The van der Waals surface area contributed by atoms with Gasteiger partial charge in [-0.25, -0.2) is 0 Å². The Balaban J connectivity index is 2.09. The van der Waals surface area contributed by atoms with Crippen LogP contribution in [-0.2, 0) is 0 Å². The largest absolute Gasteiger partial charge is 0.496 e. The summed E-state index contributed by atoms with van der Waals surface area (Å²) in [6.45, 7) is 4.58. The molecule has 0 aromatic carbocycles. The van der Waals surface area contributed by atoms with Gasteiger partial charge in [-0.3, -0.25) is 4.79 Å². The third-order valence-corrected chi connectivity index (χ3v) is 3.72. The molecule has 5 heteroatoms. The first-order valence-electron chi connectivity index (χ1n) is 5.40. The minimum absolute atomic E-state index is 0.113. The van der Waals surface area contributed by atoms with E-state index in [0.29, 0.717) is 6.04 Å². The maximum Gasteiger partial charge on any atom is 0.264 e. The predicted octanol–water partition coefficient (Wildman–Crippen LogP) is 1.19. The van der Waals surface area contributed by atoms with Gasteiger partial charge < -0.3 is 15.0 Å². The van der Waals surface area contributed by atoms with Gasteiger partial charge in [0.1, 0.15) is 5.75 Å². The van der Waals surface area contributed by atoms with Crippen molar-refractivity contribution in [1.82, 2.24) is 10.2 Å². The summed E-state index contributed by atoms with van der Waals surface area (Å²) in [5.74, 6) is 0.874. The molecule has 0 aliphatic carbocycles. The van der Waals surface area contributed by atoms with Gasteiger partial charge in [0.15, 0.2) is 0 Å². The molecule has 2 heterocycles. The van der Waals surface area contributed by atoms with Crippen LogP contribution in [-0.4, -0.2) is 43.6 Å². The number of rotatable bonds is 4. The maximum absolute atomic E-state index is 12.2. The zero-order valence-electron chi connectivity index (χ0n) is 9.53. The van der Waals surface area contributed by atoms with Crippen molar-refractivity contribution >= 4 is 17.2 Å². The summed E-state index contributed by atoms with van der Waals surface area (Å²) in [6, 6.07) is 2.16. The van der Waals surface area contributed by atoms with E-state index in [1.807, 2.05) is 23.3 Å². The molecule has 4 nitrogen and oxygen atoms in total. The number of thiophene rings is 1. The fourth-order valence-corrected chi connectivity index (χ4v) is 2.55. The van der Waals surface area contributed by atoms with E-state index in [4.69, 9.17) is 4.74 Å². The standard InChI is InChI=1S/C11H16N2O2S/c1-3-13(8-5-12-6-8)11(14)10-4-9(15-2)7-16-10/h4,7-8,12H,3,5-6H2,1-2H3. The quantitative estimate of drug-likeness (QED) is 0.859. The summed E-state index contributed by atoms with van der Waals surface area (Å²) in [6.07, 6.45) is 0. The third kappa shape index (κ3) is 2.05. The van der Waals surface area contributed by atoms with Crippen molar-refractivity contribution < 1.29 is 9.53 Å². The number of methoxy groups -OCH3 is 1. The van der Waals surface area contributed by atoms with E-state index in [1.165, 1.54) is 11.3 Å². The average Bonchev–Trinajstić information content (AvgIpc) is 2.70. The Kier molecular flexibility index (Phi) is 3.46. The molecule has 1 N–H and O–H groups in total. The first kappa shape index (κ1) is 11.4. The summed E-state index contributed by atoms with van der Waals surface area (Å²) in [5, 5.41) is 5.04. The molecule has 88 valence electrons. The zero-order valence-corrected chi connectivity index (χ0v) is 10.3. The summed E-state index contributed by atoms with van der Waals surface area (Å²) in [7, 11) is 1.61. The Morgan fingerprint density at radius 2 is 2.44 bits per heavy atom. The normalized spacial score (nSPS) is 15.6. The highest BCUT2D eigenvalue weighted by Gasteiger charge is 2.28. The average molecular weight is 240 g/mol. The van der Waals surface area contributed by atoms with Crippen molar-refractivity contribution in [1.29, 1.82) is 0 Å². The molecule has 1 aliphatic rings.